The third-order valence-electron chi connectivity index (χ3n) is 4.65. The van der Waals surface area contributed by atoms with Crippen LogP contribution in [0.15, 0.2) is 77.9 Å². The molecule has 0 amide bonds. The van der Waals surface area contributed by atoms with Crippen LogP contribution in [0.4, 0.5) is 0 Å². The van der Waals surface area contributed by atoms with Crippen molar-refractivity contribution in [3.05, 3.63) is 95.1 Å². The molecule has 2 N–H and O–H groups in total. The first-order valence-electron chi connectivity index (χ1n) is 10.2. The van der Waals surface area contributed by atoms with Crippen molar-refractivity contribution in [3.63, 3.8) is 0 Å². The number of nitrogens with zero attached hydrogens (tertiary/aromatic N) is 1. The van der Waals surface area contributed by atoms with Gasteiger partial charge >= 0.3 is 5.97 Å². The molecule has 0 aliphatic heterocycles. The quantitative estimate of drug-likeness (QED) is 0.214. The fourth-order valence-electron chi connectivity index (χ4n) is 2.80. The Morgan fingerprint density at radius 2 is 1.55 bits per heavy atom. The maximum atomic E-state index is 11.5. The molecular weight excluding hydrogens is 438 g/mol. The first kappa shape index (κ1) is 23.7. The number of rotatable bonds is 9. The molecule has 170 valence electrons. The summed E-state index contributed by atoms with van der Waals surface area (Å²) in [6.45, 7) is 0.980. The summed E-state index contributed by atoms with van der Waals surface area (Å²) in [5, 5.41) is 7.68. The Morgan fingerprint density at radius 3 is 2.18 bits per heavy atom. The Morgan fingerprint density at radius 1 is 0.909 bits per heavy atom. The monoisotopic (exact) mass is 463 g/mol. The Hall–Kier alpha value is -3.91. The largest absolute Gasteiger partial charge is 0.497 e. The van der Waals surface area contributed by atoms with Crippen LogP contribution in [0.1, 0.15) is 27.0 Å². The molecule has 0 atom stereocenters. The highest BCUT2D eigenvalue weighted by atomic mass is 32.1. The van der Waals surface area contributed by atoms with E-state index in [1.54, 1.807) is 25.5 Å². The van der Waals surface area contributed by atoms with Gasteiger partial charge in [-0.05, 0) is 77.4 Å². The summed E-state index contributed by atoms with van der Waals surface area (Å²) >= 11 is 5.24. The Labute approximate surface area is 198 Å². The van der Waals surface area contributed by atoms with Gasteiger partial charge in [-0.15, -0.1) is 0 Å². The average Bonchev–Trinajstić information content (AvgIpc) is 2.87. The standard InChI is InChI=1S/C25H25N3O4S/c1-30-22-11-5-18(6-12-22)15-26-25(33)28-27-16-19-7-13-23(14-8-19)32-17-20-3-9-21(10-4-20)24(29)31-2/h3-14,16H,15,17H2,1-2H3,(H2,26,28,33)/b27-16+. The highest BCUT2D eigenvalue weighted by molar-refractivity contribution is 7.80. The van der Waals surface area contributed by atoms with Gasteiger partial charge < -0.3 is 19.5 Å². The third kappa shape index (κ3) is 7.62. The molecular formula is C25H25N3O4S. The molecule has 0 spiro atoms. The third-order valence-corrected chi connectivity index (χ3v) is 4.89. The van der Waals surface area contributed by atoms with Crippen LogP contribution in [0.25, 0.3) is 0 Å². The lowest BCUT2D eigenvalue weighted by molar-refractivity contribution is 0.0600. The van der Waals surface area contributed by atoms with Gasteiger partial charge in [0.25, 0.3) is 0 Å². The summed E-state index contributed by atoms with van der Waals surface area (Å²) in [7, 11) is 3.00. The molecule has 0 radical (unpaired) electrons. The number of thiocarbonyl (C=S) groups is 1. The van der Waals surface area contributed by atoms with Crippen molar-refractivity contribution < 1.29 is 19.0 Å². The van der Waals surface area contributed by atoms with E-state index < -0.39 is 0 Å². The molecule has 3 aromatic rings. The van der Waals surface area contributed by atoms with E-state index in [1.807, 2.05) is 60.7 Å². The average molecular weight is 464 g/mol. The van der Waals surface area contributed by atoms with Crippen LogP contribution in [0, 0.1) is 0 Å². The minimum atomic E-state index is -0.358. The number of hydrazone groups is 1. The molecule has 0 heterocycles. The molecule has 0 fully saturated rings. The predicted molar refractivity (Wildman–Crippen MR) is 132 cm³/mol. The van der Waals surface area contributed by atoms with E-state index in [0.29, 0.717) is 23.8 Å². The number of esters is 1. The molecule has 0 aliphatic carbocycles. The Bertz CT molecular complexity index is 1080. The second-order valence-corrected chi connectivity index (χ2v) is 7.36. The van der Waals surface area contributed by atoms with E-state index in [4.69, 9.17) is 26.4 Å². The molecule has 3 aromatic carbocycles. The zero-order chi connectivity index (χ0) is 23.5. The van der Waals surface area contributed by atoms with Crippen LogP contribution in [0.3, 0.4) is 0 Å². The summed E-state index contributed by atoms with van der Waals surface area (Å²) in [5.41, 5.74) is 6.24. The van der Waals surface area contributed by atoms with E-state index >= 15 is 0 Å². The lowest BCUT2D eigenvalue weighted by Crippen LogP contribution is -2.31. The first-order chi connectivity index (χ1) is 16.1. The predicted octanol–water partition coefficient (Wildman–Crippen LogP) is 4.06. The van der Waals surface area contributed by atoms with E-state index in [2.05, 4.69) is 15.8 Å². The lowest BCUT2D eigenvalue weighted by Gasteiger charge is -2.08. The van der Waals surface area contributed by atoms with E-state index in [0.717, 1.165) is 28.2 Å². The fourth-order valence-corrected chi connectivity index (χ4v) is 2.93. The molecule has 0 aromatic heterocycles. The van der Waals surface area contributed by atoms with E-state index in [-0.39, 0.29) is 5.97 Å². The summed E-state index contributed by atoms with van der Waals surface area (Å²) < 4.78 is 15.6. The van der Waals surface area contributed by atoms with Crippen LogP contribution in [0.5, 0.6) is 11.5 Å². The van der Waals surface area contributed by atoms with Gasteiger partial charge in [0.05, 0.1) is 26.0 Å². The summed E-state index contributed by atoms with van der Waals surface area (Å²) in [4.78, 5) is 11.5. The van der Waals surface area contributed by atoms with Crippen LogP contribution >= 0.6 is 12.2 Å². The van der Waals surface area contributed by atoms with Crippen LogP contribution in [0.2, 0.25) is 0 Å². The van der Waals surface area contributed by atoms with Gasteiger partial charge in [0.15, 0.2) is 5.11 Å². The summed E-state index contributed by atoms with van der Waals surface area (Å²) in [5.74, 6) is 1.19. The van der Waals surface area contributed by atoms with Gasteiger partial charge in [0, 0.05) is 6.54 Å². The highest BCUT2D eigenvalue weighted by Gasteiger charge is 2.04. The van der Waals surface area contributed by atoms with Crippen molar-refractivity contribution in [3.8, 4) is 11.5 Å². The first-order valence-corrected chi connectivity index (χ1v) is 10.6. The fraction of sp³-hybridized carbons (Fsp3) is 0.160. The molecule has 3 rings (SSSR count). The van der Waals surface area contributed by atoms with Gasteiger partial charge in [0.2, 0.25) is 0 Å². The lowest BCUT2D eigenvalue weighted by atomic mass is 10.1. The minimum Gasteiger partial charge on any atom is -0.497 e. The number of carbonyl (C=O) groups excluding carboxylic acids is 1. The van der Waals surface area contributed by atoms with Crippen LogP contribution in [-0.4, -0.2) is 31.5 Å². The zero-order valence-electron chi connectivity index (χ0n) is 18.4. The highest BCUT2D eigenvalue weighted by Crippen LogP contribution is 2.14. The molecule has 0 bridgehead atoms. The molecule has 7 nitrogen and oxygen atoms in total. The van der Waals surface area contributed by atoms with Crippen molar-refractivity contribution in [2.24, 2.45) is 5.10 Å². The SMILES string of the molecule is COC(=O)c1ccc(COc2ccc(/C=N/NC(=S)NCc3ccc(OC)cc3)cc2)cc1. The maximum absolute atomic E-state index is 11.5. The van der Waals surface area contributed by atoms with Crippen molar-refractivity contribution in [2.45, 2.75) is 13.2 Å². The topological polar surface area (TPSA) is 81.2 Å². The van der Waals surface area contributed by atoms with Crippen molar-refractivity contribution in [2.75, 3.05) is 14.2 Å². The van der Waals surface area contributed by atoms with E-state index in [1.165, 1.54) is 7.11 Å². The molecule has 8 heteroatoms. The van der Waals surface area contributed by atoms with Gasteiger partial charge in [-0.3, -0.25) is 5.43 Å². The smallest absolute Gasteiger partial charge is 0.337 e. The van der Waals surface area contributed by atoms with Gasteiger partial charge in [0.1, 0.15) is 18.1 Å². The minimum absolute atomic E-state index is 0.358. The maximum Gasteiger partial charge on any atom is 0.337 e. The molecule has 0 aliphatic rings. The Balaban J connectivity index is 1.41. The van der Waals surface area contributed by atoms with Gasteiger partial charge in [-0.1, -0.05) is 24.3 Å². The number of hydrogen-bond acceptors (Lipinski definition) is 6. The zero-order valence-corrected chi connectivity index (χ0v) is 19.2. The molecule has 0 saturated heterocycles. The van der Waals surface area contributed by atoms with Crippen molar-refractivity contribution in [1.29, 1.82) is 0 Å². The van der Waals surface area contributed by atoms with Crippen LogP contribution < -0.4 is 20.2 Å². The molecule has 0 unspecified atom stereocenters. The molecule has 33 heavy (non-hydrogen) atoms. The van der Waals surface area contributed by atoms with Crippen molar-refractivity contribution in [1.82, 2.24) is 10.7 Å². The number of nitrogens with one attached hydrogen (secondary N) is 2. The van der Waals surface area contributed by atoms with Crippen LogP contribution in [-0.2, 0) is 17.9 Å². The second kappa shape index (κ2) is 12.2. The van der Waals surface area contributed by atoms with E-state index in [9.17, 15) is 4.79 Å². The number of hydrogen-bond donors (Lipinski definition) is 2. The van der Waals surface area contributed by atoms with Gasteiger partial charge in [-0.2, -0.15) is 5.10 Å². The second-order valence-electron chi connectivity index (χ2n) is 6.95. The number of methoxy groups -OCH3 is 2. The molecule has 0 saturated carbocycles. The summed E-state index contributed by atoms with van der Waals surface area (Å²) in [6, 6.07) is 22.4. The van der Waals surface area contributed by atoms with Crippen molar-refractivity contribution >= 4 is 29.5 Å². The normalized spacial score (nSPS) is 10.5. The number of benzene rings is 3. The number of ether oxygens (including phenoxy) is 3. The number of carbonyl (C=O) groups is 1. The van der Waals surface area contributed by atoms with Gasteiger partial charge in [-0.25, -0.2) is 4.79 Å². The summed E-state index contributed by atoms with van der Waals surface area (Å²) in [6.07, 6.45) is 1.68. The Kier molecular flexibility index (Phi) is 8.79.